The van der Waals surface area contributed by atoms with Gasteiger partial charge in [0, 0.05) is 10.6 Å². The number of para-hydroxylation sites is 1. The molecule has 0 saturated carbocycles. The monoisotopic (exact) mass is 336 g/mol. The highest BCUT2D eigenvalue weighted by molar-refractivity contribution is 8.00. The average Bonchev–Trinajstić information content (AvgIpc) is 2.51. The third-order valence-electron chi connectivity index (χ3n) is 2.83. The van der Waals surface area contributed by atoms with Crippen molar-refractivity contribution < 1.29 is 18.4 Å². The lowest BCUT2D eigenvalue weighted by Crippen LogP contribution is -2.38. The van der Waals surface area contributed by atoms with Crippen molar-refractivity contribution in [3.63, 3.8) is 0 Å². The largest absolute Gasteiger partial charge is 0.325 e. The Morgan fingerprint density at radius 2 is 1.78 bits per heavy atom. The van der Waals surface area contributed by atoms with Gasteiger partial charge in [0.1, 0.15) is 11.6 Å². The molecule has 0 saturated heterocycles. The number of benzene rings is 2. The molecule has 2 N–H and O–H groups in total. The fraction of sp³-hybridized carbons (Fsp3) is 0.125. The summed E-state index contributed by atoms with van der Waals surface area (Å²) in [6, 6.07) is 10.9. The lowest BCUT2D eigenvalue weighted by molar-refractivity contribution is -0.119. The Balaban J connectivity index is 1.92. The Morgan fingerprint density at radius 1 is 1.09 bits per heavy atom. The highest BCUT2D eigenvalue weighted by atomic mass is 32.2. The summed E-state index contributed by atoms with van der Waals surface area (Å²) in [4.78, 5) is 23.7. The van der Waals surface area contributed by atoms with Gasteiger partial charge < -0.3 is 5.32 Å². The van der Waals surface area contributed by atoms with Gasteiger partial charge in [-0.1, -0.05) is 18.2 Å². The molecule has 2 rings (SSSR count). The van der Waals surface area contributed by atoms with Crippen molar-refractivity contribution >= 4 is 29.4 Å². The summed E-state index contributed by atoms with van der Waals surface area (Å²) in [5.74, 6) is -1.82. The highest BCUT2D eigenvalue weighted by Crippen LogP contribution is 2.26. The van der Waals surface area contributed by atoms with Gasteiger partial charge in [0.05, 0.1) is 5.25 Å². The Morgan fingerprint density at radius 3 is 2.48 bits per heavy atom. The second-order valence-electron chi connectivity index (χ2n) is 4.64. The van der Waals surface area contributed by atoms with E-state index in [0.717, 1.165) is 30.0 Å². The first-order chi connectivity index (χ1) is 11.0. The van der Waals surface area contributed by atoms with Gasteiger partial charge in [-0.3, -0.25) is 10.1 Å². The smallest absolute Gasteiger partial charge is 0.308 e. The van der Waals surface area contributed by atoms with E-state index in [1.54, 1.807) is 30.3 Å². The van der Waals surface area contributed by atoms with E-state index in [1.165, 1.54) is 6.92 Å². The molecule has 0 bridgehead atoms. The number of hydrogen-bond acceptors (Lipinski definition) is 3. The first kappa shape index (κ1) is 17.0. The van der Waals surface area contributed by atoms with Crippen LogP contribution >= 0.6 is 11.8 Å². The van der Waals surface area contributed by atoms with Crippen LogP contribution in [0.25, 0.3) is 0 Å². The zero-order valence-electron chi connectivity index (χ0n) is 12.2. The second-order valence-corrected chi connectivity index (χ2v) is 6.03. The van der Waals surface area contributed by atoms with E-state index in [0.29, 0.717) is 5.69 Å². The maximum atomic E-state index is 13.5. The van der Waals surface area contributed by atoms with Gasteiger partial charge in [0.2, 0.25) is 5.91 Å². The lowest BCUT2D eigenvalue weighted by Gasteiger charge is -2.12. The van der Waals surface area contributed by atoms with Gasteiger partial charge in [-0.05, 0) is 37.3 Å². The molecule has 0 aliphatic carbocycles. The molecule has 23 heavy (non-hydrogen) atoms. The zero-order valence-corrected chi connectivity index (χ0v) is 13.0. The number of hydrogen-bond donors (Lipinski definition) is 2. The van der Waals surface area contributed by atoms with Crippen LogP contribution in [0.4, 0.5) is 19.3 Å². The third-order valence-corrected chi connectivity index (χ3v) is 3.97. The molecule has 0 heterocycles. The molecule has 2 aromatic rings. The molecule has 0 aliphatic heterocycles. The topological polar surface area (TPSA) is 58.2 Å². The molecule has 0 aromatic heterocycles. The van der Waals surface area contributed by atoms with E-state index in [-0.39, 0.29) is 4.90 Å². The van der Waals surface area contributed by atoms with Crippen molar-refractivity contribution in [3.05, 3.63) is 60.2 Å². The van der Waals surface area contributed by atoms with Crippen molar-refractivity contribution in [3.8, 4) is 0 Å². The fourth-order valence-corrected chi connectivity index (χ4v) is 2.62. The first-order valence-electron chi connectivity index (χ1n) is 6.74. The molecule has 0 aliphatic rings. The van der Waals surface area contributed by atoms with Gasteiger partial charge in [0.15, 0.2) is 0 Å². The standard InChI is InChI=1S/C16H14F2N2O2S/c1-10(23-14-9-11(17)7-8-13(14)18)15(21)20-16(22)19-12-5-3-2-4-6-12/h2-10H,1H3,(H2,19,20,21,22)/t10-/m1/s1. The summed E-state index contributed by atoms with van der Waals surface area (Å²) in [5, 5.41) is 3.88. The Kier molecular flexibility index (Phi) is 5.70. The number of amides is 3. The molecule has 0 fully saturated rings. The first-order valence-corrected chi connectivity index (χ1v) is 7.62. The quantitative estimate of drug-likeness (QED) is 0.835. The van der Waals surface area contributed by atoms with Crippen LogP contribution < -0.4 is 10.6 Å². The van der Waals surface area contributed by atoms with E-state index in [1.807, 2.05) is 0 Å². The van der Waals surface area contributed by atoms with Crippen LogP contribution in [-0.2, 0) is 4.79 Å². The summed E-state index contributed by atoms with van der Waals surface area (Å²) in [6.07, 6.45) is 0. The van der Waals surface area contributed by atoms with Crippen LogP contribution in [0.1, 0.15) is 6.92 Å². The second kappa shape index (κ2) is 7.73. The molecular formula is C16H14F2N2O2S. The number of halogens is 2. The van der Waals surface area contributed by atoms with E-state index in [2.05, 4.69) is 10.6 Å². The van der Waals surface area contributed by atoms with Crippen LogP contribution in [0, 0.1) is 11.6 Å². The number of rotatable bonds is 4. The number of nitrogens with one attached hydrogen (secondary N) is 2. The molecular weight excluding hydrogens is 322 g/mol. The summed E-state index contributed by atoms with van der Waals surface area (Å²) in [6.45, 7) is 1.50. The maximum absolute atomic E-state index is 13.5. The number of thioether (sulfide) groups is 1. The molecule has 120 valence electrons. The van der Waals surface area contributed by atoms with Crippen molar-refractivity contribution in [2.24, 2.45) is 0 Å². The van der Waals surface area contributed by atoms with Crippen LogP contribution in [-0.4, -0.2) is 17.2 Å². The van der Waals surface area contributed by atoms with Crippen LogP contribution in [0.3, 0.4) is 0 Å². The molecule has 1 atom stereocenters. The lowest BCUT2D eigenvalue weighted by atomic mass is 10.3. The third kappa shape index (κ3) is 5.07. The van der Waals surface area contributed by atoms with E-state index in [9.17, 15) is 18.4 Å². The van der Waals surface area contributed by atoms with Gasteiger partial charge in [-0.15, -0.1) is 11.8 Å². The molecule has 7 heteroatoms. The molecule has 0 spiro atoms. The van der Waals surface area contributed by atoms with E-state index in [4.69, 9.17) is 0 Å². The van der Waals surface area contributed by atoms with Crippen molar-refractivity contribution in [2.75, 3.05) is 5.32 Å². The number of anilines is 1. The fourth-order valence-electron chi connectivity index (χ4n) is 1.71. The van der Waals surface area contributed by atoms with E-state index < -0.39 is 28.8 Å². The normalized spacial score (nSPS) is 11.6. The predicted molar refractivity (Wildman–Crippen MR) is 85.3 cm³/mol. The van der Waals surface area contributed by atoms with Crippen molar-refractivity contribution in [1.82, 2.24) is 5.32 Å². The number of urea groups is 1. The molecule has 2 aromatic carbocycles. The summed E-state index contributed by atoms with van der Waals surface area (Å²) in [5.41, 5.74) is 0.536. The minimum atomic E-state index is -0.771. The number of carbonyl (C=O) groups is 2. The molecule has 0 unspecified atom stereocenters. The Bertz CT molecular complexity index is 710. The van der Waals surface area contributed by atoms with Crippen LogP contribution in [0.2, 0.25) is 0 Å². The van der Waals surface area contributed by atoms with Crippen LogP contribution in [0.5, 0.6) is 0 Å². The molecule has 3 amide bonds. The number of imide groups is 1. The SMILES string of the molecule is C[C@@H](Sc1cc(F)ccc1F)C(=O)NC(=O)Nc1ccccc1. The predicted octanol–water partition coefficient (Wildman–Crippen LogP) is 3.79. The van der Waals surface area contributed by atoms with Gasteiger partial charge in [0.25, 0.3) is 0 Å². The van der Waals surface area contributed by atoms with Crippen molar-refractivity contribution in [1.29, 1.82) is 0 Å². The van der Waals surface area contributed by atoms with Crippen LogP contribution in [0.15, 0.2) is 53.4 Å². The van der Waals surface area contributed by atoms with E-state index >= 15 is 0 Å². The minimum Gasteiger partial charge on any atom is -0.308 e. The molecule has 4 nitrogen and oxygen atoms in total. The number of carbonyl (C=O) groups excluding carboxylic acids is 2. The highest BCUT2D eigenvalue weighted by Gasteiger charge is 2.19. The Labute approximate surface area is 136 Å². The zero-order chi connectivity index (χ0) is 16.8. The van der Waals surface area contributed by atoms with Gasteiger partial charge in [-0.2, -0.15) is 0 Å². The van der Waals surface area contributed by atoms with Gasteiger partial charge in [-0.25, -0.2) is 13.6 Å². The average molecular weight is 336 g/mol. The summed E-state index contributed by atoms with van der Waals surface area (Å²) in [7, 11) is 0. The summed E-state index contributed by atoms with van der Waals surface area (Å²) < 4.78 is 26.7. The van der Waals surface area contributed by atoms with Gasteiger partial charge >= 0.3 is 6.03 Å². The molecule has 0 radical (unpaired) electrons. The summed E-state index contributed by atoms with van der Waals surface area (Å²) >= 11 is 0.834. The maximum Gasteiger partial charge on any atom is 0.325 e. The Hall–Kier alpha value is -2.41. The van der Waals surface area contributed by atoms with Crippen molar-refractivity contribution in [2.45, 2.75) is 17.1 Å². The minimum absolute atomic E-state index is 0.0103.